The molecular weight excluding hydrogens is 709 g/mol. The molecule has 0 rings (SSSR count). The molecule has 0 aromatic rings. The second-order valence-corrected chi connectivity index (χ2v) is 15.2. The molecule has 0 aromatic carbocycles. The summed E-state index contributed by atoms with van der Waals surface area (Å²) < 4.78 is 32.6. The van der Waals surface area contributed by atoms with Crippen molar-refractivity contribution in [2.75, 3.05) is 19.8 Å². The molecule has 3 atom stereocenters. The number of aliphatic carboxylic acids is 1. The number of hydrogen-bond acceptors (Lipinski definition) is 9. The Labute approximate surface area is 326 Å². The van der Waals surface area contributed by atoms with Crippen LogP contribution in [0.25, 0.3) is 0 Å². The van der Waals surface area contributed by atoms with Gasteiger partial charge in [0.2, 0.25) is 0 Å². The average molecular weight is 784 g/mol. The molecule has 0 radical (unpaired) electrons. The molecule has 0 aliphatic heterocycles. The van der Waals surface area contributed by atoms with Crippen LogP contribution < -0.4 is 5.73 Å². The van der Waals surface area contributed by atoms with Crippen molar-refractivity contribution < 1.29 is 47.5 Å². The van der Waals surface area contributed by atoms with E-state index in [-0.39, 0.29) is 19.4 Å². The van der Waals surface area contributed by atoms with Gasteiger partial charge in [-0.25, -0.2) is 4.57 Å². The van der Waals surface area contributed by atoms with Gasteiger partial charge in [-0.15, -0.1) is 0 Å². The van der Waals surface area contributed by atoms with E-state index in [1.807, 2.05) is 0 Å². The van der Waals surface area contributed by atoms with Gasteiger partial charge in [-0.2, -0.15) is 0 Å². The molecule has 0 fully saturated rings. The summed E-state index contributed by atoms with van der Waals surface area (Å²) in [6.07, 6.45) is 40.3. The quantitative estimate of drug-likeness (QED) is 0.0235. The summed E-state index contributed by atoms with van der Waals surface area (Å²) in [5.74, 6) is -2.41. The molecular formula is C42H74NO10P. The van der Waals surface area contributed by atoms with Crippen LogP contribution in [0, 0.1) is 0 Å². The molecule has 0 spiro atoms. The fraction of sp³-hybridized carbons (Fsp3) is 0.738. The second kappa shape index (κ2) is 37.4. The number of phosphoric ester groups is 1. The van der Waals surface area contributed by atoms with E-state index in [0.717, 1.165) is 70.6 Å². The van der Waals surface area contributed by atoms with Crippen LogP contribution in [0.4, 0.5) is 0 Å². The number of unbranched alkanes of at least 4 members (excludes halogenated alkanes) is 16. The number of ether oxygens (including phenoxy) is 2. The summed E-state index contributed by atoms with van der Waals surface area (Å²) in [7, 11) is -4.72. The van der Waals surface area contributed by atoms with Crippen LogP contribution in [0.3, 0.4) is 0 Å². The van der Waals surface area contributed by atoms with Gasteiger partial charge in [0.25, 0.3) is 0 Å². The Hall–Kier alpha value is -2.56. The third-order valence-corrected chi connectivity index (χ3v) is 9.54. The highest BCUT2D eigenvalue weighted by molar-refractivity contribution is 7.47. The van der Waals surface area contributed by atoms with Crippen LogP contribution >= 0.6 is 7.82 Å². The van der Waals surface area contributed by atoms with Gasteiger partial charge in [-0.1, -0.05) is 152 Å². The zero-order chi connectivity index (χ0) is 40.0. The Morgan fingerprint density at radius 2 is 1.04 bits per heavy atom. The second-order valence-electron chi connectivity index (χ2n) is 13.7. The highest BCUT2D eigenvalue weighted by Crippen LogP contribution is 2.43. The summed E-state index contributed by atoms with van der Waals surface area (Å²) in [6, 6.07) is -1.52. The first-order chi connectivity index (χ1) is 26.1. The maximum atomic E-state index is 12.6. The molecule has 1 unspecified atom stereocenters. The molecule has 0 heterocycles. The van der Waals surface area contributed by atoms with E-state index in [4.69, 9.17) is 24.8 Å². The predicted octanol–water partition coefficient (Wildman–Crippen LogP) is 10.6. The highest BCUT2D eigenvalue weighted by atomic mass is 31.2. The molecule has 0 aliphatic carbocycles. The van der Waals surface area contributed by atoms with Gasteiger partial charge in [-0.3, -0.25) is 23.4 Å². The van der Waals surface area contributed by atoms with Crippen molar-refractivity contribution in [1.82, 2.24) is 0 Å². The zero-order valence-electron chi connectivity index (χ0n) is 33.6. The van der Waals surface area contributed by atoms with Crippen LogP contribution in [0.1, 0.15) is 168 Å². The van der Waals surface area contributed by atoms with Crippen LogP contribution in [0.15, 0.2) is 48.6 Å². The lowest BCUT2D eigenvalue weighted by Crippen LogP contribution is -2.34. The van der Waals surface area contributed by atoms with Crippen LogP contribution in [0.2, 0.25) is 0 Å². The van der Waals surface area contributed by atoms with Gasteiger partial charge in [-0.05, 0) is 51.4 Å². The minimum absolute atomic E-state index is 0.157. The molecule has 54 heavy (non-hydrogen) atoms. The van der Waals surface area contributed by atoms with E-state index in [2.05, 4.69) is 67.0 Å². The predicted molar refractivity (Wildman–Crippen MR) is 217 cm³/mol. The average Bonchev–Trinajstić information content (AvgIpc) is 3.14. The number of nitrogens with two attached hydrogens (primary N) is 1. The zero-order valence-corrected chi connectivity index (χ0v) is 34.4. The third kappa shape index (κ3) is 36.4. The van der Waals surface area contributed by atoms with Gasteiger partial charge in [0.05, 0.1) is 13.2 Å². The number of carboxylic acids is 1. The molecule has 0 saturated heterocycles. The first-order valence-corrected chi connectivity index (χ1v) is 22.2. The minimum atomic E-state index is -4.72. The molecule has 11 nitrogen and oxygen atoms in total. The number of hydrogen-bond donors (Lipinski definition) is 3. The standard InChI is InChI=1S/C42H74NO10P/c1-3-5-7-9-11-13-15-17-18-19-20-22-23-25-27-29-31-33-40(44)50-35-38(36-51-54(48,49)52-37-39(43)42(46)47)53-41(45)34-32-30-28-26-24-21-16-14-12-10-8-6-4-2/h5,7,11,13,17-18,20,22,38-39H,3-4,6,8-10,12,14-16,19,21,23-37,43H2,1-2H3,(H,46,47)(H,48,49)/b7-5-,13-11-,18-17-,22-20-/t38-,39+/m1/s1. The van der Waals surface area contributed by atoms with Crippen molar-refractivity contribution in [2.24, 2.45) is 5.73 Å². The lowest BCUT2D eigenvalue weighted by Gasteiger charge is -2.20. The molecule has 4 N–H and O–H groups in total. The molecule has 12 heteroatoms. The lowest BCUT2D eigenvalue weighted by molar-refractivity contribution is -0.161. The third-order valence-electron chi connectivity index (χ3n) is 8.59. The molecule has 0 amide bonds. The summed E-state index contributed by atoms with van der Waals surface area (Å²) in [5.41, 5.74) is 5.32. The van der Waals surface area contributed by atoms with Crippen molar-refractivity contribution in [1.29, 1.82) is 0 Å². The van der Waals surface area contributed by atoms with Crippen molar-refractivity contribution in [3.63, 3.8) is 0 Å². The van der Waals surface area contributed by atoms with E-state index in [1.165, 1.54) is 57.8 Å². The molecule has 0 bridgehead atoms. The van der Waals surface area contributed by atoms with Crippen molar-refractivity contribution in [3.8, 4) is 0 Å². The fourth-order valence-electron chi connectivity index (χ4n) is 5.35. The van der Waals surface area contributed by atoms with E-state index in [0.29, 0.717) is 12.8 Å². The Morgan fingerprint density at radius 3 is 1.56 bits per heavy atom. The number of carbonyl (C=O) groups is 3. The number of allylic oxidation sites excluding steroid dienone is 8. The first-order valence-electron chi connectivity index (χ1n) is 20.7. The topological polar surface area (TPSA) is 172 Å². The van der Waals surface area contributed by atoms with E-state index < -0.39 is 51.1 Å². The highest BCUT2D eigenvalue weighted by Gasteiger charge is 2.28. The van der Waals surface area contributed by atoms with Crippen molar-refractivity contribution in [3.05, 3.63) is 48.6 Å². The summed E-state index contributed by atoms with van der Waals surface area (Å²) >= 11 is 0. The SMILES string of the molecule is CC/C=C\C/C=C\C/C=C\C/C=C\CCCCCCC(=O)OC[C@H](COP(=O)(O)OC[C@H](N)C(=O)O)OC(=O)CCCCCCCCCCCCCCC. The van der Waals surface area contributed by atoms with Gasteiger partial charge in [0.15, 0.2) is 6.10 Å². The Morgan fingerprint density at radius 1 is 0.593 bits per heavy atom. The van der Waals surface area contributed by atoms with Gasteiger partial charge in [0, 0.05) is 12.8 Å². The minimum Gasteiger partial charge on any atom is -0.480 e. The van der Waals surface area contributed by atoms with E-state index >= 15 is 0 Å². The Balaban J connectivity index is 4.43. The number of phosphoric acid groups is 1. The molecule has 0 aliphatic rings. The molecule has 0 saturated carbocycles. The number of esters is 2. The lowest BCUT2D eigenvalue weighted by atomic mass is 10.0. The summed E-state index contributed by atoms with van der Waals surface area (Å²) in [6.45, 7) is 2.65. The van der Waals surface area contributed by atoms with Gasteiger partial charge >= 0.3 is 25.7 Å². The van der Waals surface area contributed by atoms with Gasteiger partial charge < -0.3 is 25.2 Å². The summed E-state index contributed by atoms with van der Waals surface area (Å²) in [4.78, 5) is 45.9. The molecule has 0 aromatic heterocycles. The van der Waals surface area contributed by atoms with Gasteiger partial charge in [0.1, 0.15) is 12.6 Å². The maximum absolute atomic E-state index is 12.6. The fourth-order valence-corrected chi connectivity index (χ4v) is 6.13. The first kappa shape index (κ1) is 51.4. The van der Waals surface area contributed by atoms with Crippen molar-refractivity contribution in [2.45, 2.75) is 180 Å². The van der Waals surface area contributed by atoms with Crippen LogP contribution in [0.5, 0.6) is 0 Å². The van der Waals surface area contributed by atoms with E-state index in [9.17, 15) is 23.8 Å². The van der Waals surface area contributed by atoms with Crippen LogP contribution in [-0.2, 0) is 37.5 Å². The maximum Gasteiger partial charge on any atom is 0.472 e. The number of rotatable bonds is 38. The van der Waals surface area contributed by atoms with E-state index in [1.54, 1.807) is 0 Å². The Kier molecular flexibility index (Phi) is 35.6. The summed E-state index contributed by atoms with van der Waals surface area (Å²) in [5, 5.41) is 8.87. The Bertz CT molecular complexity index is 1110. The number of carbonyl (C=O) groups excluding carboxylic acids is 2. The van der Waals surface area contributed by atoms with Crippen LogP contribution in [-0.4, -0.2) is 59.9 Å². The smallest absolute Gasteiger partial charge is 0.472 e. The normalized spacial score (nSPS) is 14.3. The molecule has 312 valence electrons. The number of carboxylic acid groups (broad SMARTS) is 1. The van der Waals surface area contributed by atoms with Crippen molar-refractivity contribution >= 4 is 25.7 Å². The largest absolute Gasteiger partial charge is 0.480 e. The monoisotopic (exact) mass is 784 g/mol.